The van der Waals surface area contributed by atoms with E-state index in [9.17, 15) is 4.79 Å². The lowest BCUT2D eigenvalue weighted by Gasteiger charge is -2.19. The molecule has 0 aliphatic rings. The summed E-state index contributed by atoms with van der Waals surface area (Å²) in [6, 6.07) is 8.59. The van der Waals surface area contributed by atoms with Crippen LogP contribution in [0.25, 0.3) is 10.9 Å². The highest BCUT2D eigenvalue weighted by Gasteiger charge is 2.15. The molecule has 5 nitrogen and oxygen atoms in total. The van der Waals surface area contributed by atoms with Gasteiger partial charge in [-0.2, -0.15) is 0 Å². The molecular weight excluding hydrogens is 370 g/mol. The Morgan fingerprint density at radius 1 is 1.29 bits per heavy atom. The Hall–Kier alpha value is -1.53. The quantitative estimate of drug-likeness (QED) is 0.630. The van der Waals surface area contributed by atoms with E-state index in [2.05, 4.69) is 56.7 Å². The molecule has 24 heavy (non-hydrogen) atoms. The van der Waals surface area contributed by atoms with Crippen LogP contribution >= 0.6 is 15.9 Å². The number of carbonyl (C=O) groups is 1. The minimum Gasteiger partial charge on any atom is -0.444 e. The van der Waals surface area contributed by atoms with Crippen LogP contribution in [0.1, 0.15) is 45.9 Å². The fraction of sp³-hybridized carbons (Fsp3) is 0.500. The molecule has 0 aliphatic heterocycles. The Bertz CT molecular complexity index is 691. The maximum atomic E-state index is 11.5. The Labute approximate surface area is 151 Å². The maximum Gasteiger partial charge on any atom is 0.407 e. The summed E-state index contributed by atoms with van der Waals surface area (Å²) in [7, 11) is 0. The predicted octanol–water partition coefficient (Wildman–Crippen LogP) is 4.50. The molecule has 2 rings (SSSR count). The number of hydrogen-bond donors (Lipinski definition) is 3. The molecule has 3 N–H and O–H groups in total. The van der Waals surface area contributed by atoms with Crippen molar-refractivity contribution in [3.05, 3.63) is 34.4 Å². The molecule has 0 fully saturated rings. The molecule has 0 bridgehead atoms. The second kappa shape index (κ2) is 8.03. The summed E-state index contributed by atoms with van der Waals surface area (Å²) >= 11 is 3.49. The molecule has 0 spiro atoms. The molecule has 1 aromatic heterocycles. The SMILES string of the molecule is CC(NCCCNC(=O)OC(C)(C)C)c1cc2cc(Br)ccc2[nH]1. The zero-order chi connectivity index (χ0) is 17.7. The van der Waals surface area contributed by atoms with Gasteiger partial charge in [0.05, 0.1) is 0 Å². The van der Waals surface area contributed by atoms with Crippen LogP contribution in [0.3, 0.4) is 0 Å². The average molecular weight is 396 g/mol. The number of amides is 1. The third-order valence-corrected chi connectivity index (χ3v) is 4.04. The van der Waals surface area contributed by atoms with Crippen LogP contribution in [0.4, 0.5) is 4.79 Å². The molecule has 0 saturated heterocycles. The first kappa shape index (κ1) is 18.8. The molecule has 1 heterocycles. The lowest BCUT2D eigenvalue weighted by Crippen LogP contribution is -2.34. The second-order valence-electron chi connectivity index (χ2n) is 6.91. The van der Waals surface area contributed by atoms with E-state index in [1.54, 1.807) is 0 Å². The number of fused-ring (bicyclic) bond motifs is 1. The number of aromatic nitrogens is 1. The molecule has 1 amide bonds. The van der Waals surface area contributed by atoms with Crippen molar-refractivity contribution in [1.29, 1.82) is 0 Å². The fourth-order valence-electron chi connectivity index (χ4n) is 2.38. The summed E-state index contributed by atoms with van der Waals surface area (Å²) in [6.07, 6.45) is 0.478. The summed E-state index contributed by atoms with van der Waals surface area (Å²) < 4.78 is 6.28. The van der Waals surface area contributed by atoms with Crippen LogP contribution in [0.15, 0.2) is 28.7 Å². The van der Waals surface area contributed by atoms with E-state index in [1.165, 1.54) is 5.39 Å². The van der Waals surface area contributed by atoms with Crippen molar-refractivity contribution in [3.63, 3.8) is 0 Å². The van der Waals surface area contributed by atoms with Crippen LogP contribution in [-0.2, 0) is 4.74 Å². The van der Waals surface area contributed by atoms with E-state index in [1.807, 2.05) is 26.8 Å². The summed E-state index contributed by atoms with van der Waals surface area (Å²) in [6.45, 7) is 9.10. The molecule has 6 heteroatoms. The number of nitrogens with one attached hydrogen (secondary N) is 3. The highest BCUT2D eigenvalue weighted by atomic mass is 79.9. The van der Waals surface area contributed by atoms with Crippen molar-refractivity contribution in [1.82, 2.24) is 15.6 Å². The molecule has 0 radical (unpaired) electrons. The van der Waals surface area contributed by atoms with E-state index < -0.39 is 5.60 Å². The standard InChI is InChI=1S/C18H26BrN3O2/c1-12(16-11-13-10-14(19)6-7-15(13)22-16)20-8-5-9-21-17(23)24-18(2,3)4/h6-7,10-12,20,22H,5,8-9H2,1-4H3,(H,21,23). The van der Waals surface area contributed by atoms with Crippen LogP contribution in [-0.4, -0.2) is 29.8 Å². The van der Waals surface area contributed by atoms with E-state index in [0.29, 0.717) is 6.54 Å². The van der Waals surface area contributed by atoms with E-state index >= 15 is 0 Å². The summed E-state index contributed by atoms with van der Waals surface area (Å²) in [5.41, 5.74) is 1.83. The number of halogens is 1. The predicted molar refractivity (Wildman–Crippen MR) is 101 cm³/mol. The first-order chi connectivity index (χ1) is 11.2. The minimum atomic E-state index is -0.457. The zero-order valence-corrected chi connectivity index (χ0v) is 16.3. The van der Waals surface area contributed by atoms with Gasteiger partial charge in [0.25, 0.3) is 0 Å². The van der Waals surface area contributed by atoms with Crippen molar-refractivity contribution >= 4 is 32.9 Å². The highest BCUT2D eigenvalue weighted by Crippen LogP contribution is 2.23. The smallest absolute Gasteiger partial charge is 0.407 e. The Morgan fingerprint density at radius 3 is 2.75 bits per heavy atom. The molecular formula is C18H26BrN3O2. The van der Waals surface area contributed by atoms with E-state index in [-0.39, 0.29) is 12.1 Å². The van der Waals surface area contributed by atoms with Gasteiger partial charge in [0.1, 0.15) is 5.60 Å². The maximum absolute atomic E-state index is 11.5. The van der Waals surface area contributed by atoms with Crippen molar-refractivity contribution in [2.24, 2.45) is 0 Å². The number of aromatic amines is 1. The normalized spacial score (nSPS) is 13.0. The van der Waals surface area contributed by atoms with Crippen LogP contribution in [0, 0.1) is 0 Å². The topological polar surface area (TPSA) is 66.2 Å². The third kappa shape index (κ3) is 5.83. The molecule has 1 aromatic carbocycles. The molecule has 1 atom stereocenters. The summed E-state index contributed by atoms with van der Waals surface area (Å²) in [4.78, 5) is 15.0. The molecule has 0 aliphatic carbocycles. The molecule has 0 saturated carbocycles. The molecule has 1 unspecified atom stereocenters. The van der Waals surface area contributed by atoms with Crippen LogP contribution in [0.2, 0.25) is 0 Å². The number of hydrogen-bond acceptors (Lipinski definition) is 3. The van der Waals surface area contributed by atoms with Crippen molar-refractivity contribution in [3.8, 4) is 0 Å². The van der Waals surface area contributed by atoms with Gasteiger partial charge in [-0.05, 0) is 64.9 Å². The van der Waals surface area contributed by atoms with Gasteiger partial charge in [0, 0.05) is 33.7 Å². The largest absolute Gasteiger partial charge is 0.444 e. The number of H-pyrrole nitrogens is 1. The zero-order valence-electron chi connectivity index (χ0n) is 14.7. The lowest BCUT2D eigenvalue weighted by molar-refractivity contribution is 0.0527. The minimum absolute atomic E-state index is 0.220. The van der Waals surface area contributed by atoms with Crippen LogP contribution in [0.5, 0.6) is 0 Å². The number of carbonyl (C=O) groups excluding carboxylic acids is 1. The van der Waals surface area contributed by atoms with Gasteiger partial charge in [-0.25, -0.2) is 4.79 Å². The third-order valence-electron chi connectivity index (χ3n) is 3.54. The lowest BCUT2D eigenvalue weighted by atomic mass is 10.2. The summed E-state index contributed by atoms with van der Waals surface area (Å²) in [5, 5.41) is 7.42. The average Bonchev–Trinajstić information content (AvgIpc) is 2.87. The van der Waals surface area contributed by atoms with Gasteiger partial charge >= 0.3 is 6.09 Å². The van der Waals surface area contributed by atoms with Gasteiger partial charge in [0.2, 0.25) is 0 Å². The number of benzene rings is 1. The first-order valence-electron chi connectivity index (χ1n) is 8.23. The van der Waals surface area contributed by atoms with Crippen molar-refractivity contribution < 1.29 is 9.53 Å². The van der Waals surface area contributed by atoms with Gasteiger partial charge in [-0.1, -0.05) is 15.9 Å². The monoisotopic (exact) mass is 395 g/mol. The van der Waals surface area contributed by atoms with Gasteiger partial charge in [-0.15, -0.1) is 0 Å². The number of ether oxygens (including phenoxy) is 1. The van der Waals surface area contributed by atoms with Crippen molar-refractivity contribution in [2.45, 2.75) is 45.8 Å². The van der Waals surface area contributed by atoms with Crippen LogP contribution < -0.4 is 10.6 Å². The van der Waals surface area contributed by atoms with Gasteiger partial charge in [0.15, 0.2) is 0 Å². The second-order valence-corrected chi connectivity index (χ2v) is 7.83. The van der Waals surface area contributed by atoms with E-state index in [4.69, 9.17) is 4.74 Å². The Kier molecular flexibility index (Phi) is 6.29. The van der Waals surface area contributed by atoms with Gasteiger partial charge in [-0.3, -0.25) is 0 Å². The summed E-state index contributed by atoms with van der Waals surface area (Å²) in [5.74, 6) is 0. The van der Waals surface area contributed by atoms with Gasteiger partial charge < -0.3 is 20.4 Å². The van der Waals surface area contributed by atoms with Crippen molar-refractivity contribution in [2.75, 3.05) is 13.1 Å². The Morgan fingerprint density at radius 2 is 2.04 bits per heavy atom. The Balaban J connectivity index is 1.73. The molecule has 2 aromatic rings. The number of rotatable bonds is 6. The first-order valence-corrected chi connectivity index (χ1v) is 9.02. The highest BCUT2D eigenvalue weighted by molar-refractivity contribution is 9.10. The molecule has 132 valence electrons. The number of alkyl carbamates (subject to hydrolysis) is 1. The van der Waals surface area contributed by atoms with E-state index in [0.717, 1.165) is 28.6 Å². The fourth-order valence-corrected chi connectivity index (χ4v) is 2.76.